The largest absolute Gasteiger partial charge is 0.479 e. The summed E-state index contributed by atoms with van der Waals surface area (Å²) in [4.78, 5) is 22.8. The Labute approximate surface area is 150 Å². The van der Waals surface area contributed by atoms with E-state index in [1.807, 2.05) is 0 Å². The van der Waals surface area contributed by atoms with Crippen molar-refractivity contribution in [2.75, 3.05) is 15.4 Å². The Morgan fingerprint density at radius 1 is 1.15 bits per heavy atom. The first-order chi connectivity index (χ1) is 12.2. The second kappa shape index (κ2) is 6.68. The number of anilines is 3. The molecule has 0 fully saturated rings. The first kappa shape index (κ1) is 17.7. The van der Waals surface area contributed by atoms with Crippen LogP contribution in [0.3, 0.4) is 0 Å². The average Bonchev–Trinajstić information content (AvgIpc) is 2.54. The molecule has 0 saturated heterocycles. The Kier molecular flexibility index (Phi) is 4.56. The van der Waals surface area contributed by atoms with E-state index in [0.717, 1.165) is 0 Å². The number of carbonyl (C=O) groups excluding carboxylic acids is 2. The van der Waals surface area contributed by atoms with E-state index in [2.05, 4.69) is 15.4 Å². The molecule has 9 heteroatoms. The highest BCUT2D eigenvalue weighted by molar-refractivity contribution is 7.92. The summed E-state index contributed by atoms with van der Waals surface area (Å²) in [6.45, 7) is 2.97. The number of hydrogen-bond acceptors (Lipinski definition) is 5. The molecule has 3 rings (SSSR count). The van der Waals surface area contributed by atoms with Crippen LogP contribution in [0.25, 0.3) is 0 Å². The number of hydrogen-bond donors (Lipinski definition) is 3. The van der Waals surface area contributed by atoms with Gasteiger partial charge in [-0.1, -0.05) is 6.07 Å². The van der Waals surface area contributed by atoms with Gasteiger partial charge in [-0.25, -0.2) is 8.42 Å². The number of nitrogens with one attached hydrogen (secondary N) is 3. The van der Waals surface area contributed by atoms with Crippen LogP contribution in [-0.4, -0.2) is 26.3 Å². The third kappa shape index (κ3) is 3.77. The van der Waals surface area contributed by atoms with Gasteiger partial charge in [-0.05, 0) is 43.3 Å². The van der Waals surface area contributed by atoms with Crippen molar-refractivity contribution in [2.24, 2.45) is 0 Å². The van der Waals surface area contributed by atoms with Crippen LogP contribution in [0.5, 0.6) is 5.75 Å². The van der Waals surface area contributed by atoms with Crippen molar-refractivity contribution in [3.8, 4) is 5.75 Å². The minimum atomic E-state index is -3.89. The van der Waals surface area contributed by atoms with E-state index in [4.69, 9.17) is 4.74 Å². The Hall–Kier alpha value is -3.07. The van der Waals surface area contributed by atoms with E-state index in [-0.39, 0.29) is 16.7 Å². The summed E-state index contributed by atoms with van der Waals surface area (Å²) in [7, 11) is -3.89. The van der Waals surface area contributed by atoms with Gasteiger partial charge in [-0.3, -0.25) is 14.3 Å². The molecule has 0 saturated carbocycles. The molecule has 1 heterocycles. The number of carbonyl (C=O) groups is 2. The van der Waals surface area contributed by atoms with Crippen molar-refractivity contribution in [1.29, 1.82) is 0 Å². The minimum absolute atomic E-state index is 0.0281. The molecule has 1 aliphatic heterocycles. The van der Waals surface area contributed by atoms with E-state index in [1.54, 1.807) is 25.1 Å². The van der Waals surface area contributed by atoms with Crippen molar-refractivity contribution >= 4 is 38.9 Å². The van der Waals surface area contributed by atoms with Crippen LogP contribution in [-0.2, 0) is 19.6 Å². The summed E-state index contributed by atoms with van der Waals surface area (Å²) in [5, 5.41) is 5.20. The van der Waals surface area contributed by atoms with Gasteiger partial charge in [0.2, 0.25) is 5.91 Å². The zero-order valence-corrected chi connectivity index (χ0v) is 14.9. The molecule has 0 spiro atoms. The van der Waals surface area contributed by atoms with Crippen LogP contribution in [0.1, 0.15) is 13.8 Å². The van der Waals surface area contributed by atoms with E-state index >= 15 is 0 Å². The van der Waals surface area contributed by atoms with Gasteiger partial charge in [0, 0.05) is 12.6 Å². The van der Waals surface area contributed by atoms with Gasteiger partial charge in [-0.15, -0.1) is 0 Å². The van der Waals surface area contributed by atoms with Gasteiger partial charge in [0.1, 0.15) is 5.75 Å². The fourth-order valence-electron chi connectivity index (χ4n) is 2.43. The van der Waals surface area contributed by atoms with E-state index in [9.17, 15) is 18.0 Å². The standard InChI is InChI=1S/C17H17N3O5S/c1-10-17(22)19-15-9-14(6-7-16(15)25-10)26(23,24)20-13-5-3-4-12(8-13)18-11(2)21/h3-10,20H,1-2H3,(H,18,21)(H,19,22). The normalized spacial score (nSPS) is 16.1. The number of sulfonamides is 1. The molecule has 8 nitrogen and oxygen atoms in total. The fourth-order valence-corrected chi connectivity index (χ4v) is 3.51. The Morgan fingerprint density at radius 2 is 1.88 bits per heavy atom. The summed E-state index contributed by atoms with van der Waals surface area (Å²) < 4.78 is 33.1. The predicted octanol–water partition coefficient (Wildman–Crippen LogP) is 2.17. The van der Waals surface area contributed by atoms with Gasteiger partial charge in [0.25, 0.3) is 15.9 Å². The maximum absolute atomic E-state index is 12.6. The molecule has 2 amide bonds. The minimum Gasteiger partial charge on any atom is -0.479 e. The SMILES string of the molecule is CC(=O)Nc1cccc(NS(=O)(=O)c2ccc3c(c2)NC(=O)C(C)O3)c1. The topological polar surface area (TPSA) is 114 Å². The maximum atomic E-state index is 12.6. The lowest BCUT2D eigenvalue weighted by molar-refractivity contribution is -0.122. The van der Waals surface area contributed by atoms with Crippen molar-refractivity contribution < 1.29 is 22.7 Å². The molecule has 26 heavy (non-hydrogen) atoms. The quantitative estimate of drug-likeness (QED) is 0.758. The summed E-state index contributed by atoms with van der Waals surface area (Å²) in [5.74, 6) is -0.198. The van der Waals surface area contributed by atoms with Gasteiger partial charge in [0.05, 0.1) is 16.3 Å². The highest BCUT2D eigenvalue weighted by Gasteiger charge is 2.25. The van der Waals surface area contributed by atoms with Crippen LogP contribution >= 0.6 is 0 Å². The lowest BCUT2D eigenvalue weighted by Gasteiger charge is -2.23. The molecule has 0 aliphatic carbocycles. The molecule has 1 atom stereocenters. The summed E-state index contributed by atoms with van der Waals surface area (Å²) in [6, 6.07) is 10.5. The molecule has 1 aliphatic rings. The molecule has 0 aromatic heterocycles. The zero-order chi connectivity index (χ0) is 18.9. The average molecular weight is 375 g/mol. The predicted molar refractivity (Wildman–Crippen MR) is 96.7 cm³/mol. The second-order valence-electron chi connectivity index (χ2n) is 5.77. The van der Waals surface area contributed by atoms with Crippen LogP contribution < -0.4 is 20.1 Å². The van der Waals surface area contributed by atoms with Gasteiger partial charge < -0.3 is 15.4 Å². The number of benzene rings is 2. The molecule has 2 aromatic rings. The number of ether oxygens (including phenoxy) is 1. The third-order valence-electron chi connectivity index (χ3n) is 3.63. The highest BCUT2D eigenvalue weighted by atomic mass is 32.2. The van der Waals surface area contributed by atoms with Gasteiger partial charge >= 0.3 is 0 Å². The summed E-state index contributed by atoms with van der Waals surface area (Å²) in [6.07, 6.45) is -0.639. The van der Waals surface area contributed by atoms with Crippen molar-refractivity contribution in [3.05, 3.63) is 42.5 Å². The molecule has 1 unspecified atom stereocenters. The third-order valence-corrected chi connectivity index (χ3v) is 5.01. The lowest BCUT2D eigenvalue weighted by atomic mass is 10.2. The van der Waals surface area contributed by atoms with Crippen LogP contribution in [0.15, 0.2) is 47.4 Å². The van der Waals surface area contributed by atoms with E-state index < -0.39 is 16.1 Å². The van der Waals surface area contributed by atoms with E-state index in [1.165, 1.54) is 31.2 Å². The van der Waals surface area contributed by atoms with Gasteiger partial charge in [-0.2, -0.15) is 0 Å². The van der Waals surface area contributed by atoms with E-state index in [0.29, 0.717) is 22.8 Å². The van der Waals surface area contributed by atoms with Crippen LogP contribution in [0.2, 0.25) is 0 Å². The van der Waals surface area contributed by atoms with Crippen molar-refractivity contribution in [2.45, 2.75) is 24.8 Å². The molecular weight excluding hydrogens is 358 g/mol. The highest BCUT2D eigenvalue weighted by Crippen LogP contribution is 2.32. The lowest BCUT2D eigenvalue weighted by Crippen LogP contribution is -2.34. The smallest absolute Gasteiger partial charge is 0.265 e. The van der Waals surface area contributed by atoms with Crippen LogP contribution in [0, 0.1) is 0 Å². The molecule has 0 bridgehead atoms. The molecule has 2 aromatic carbocycles. The maximum Gasteiger partial charge on any atom is 0.265 e. The molecule has 0 radical (unpaired) electrons. The Bertz CT molecular complexity index is 988. The van der Waals surface area contributed by atoms with Crippen molar-refractivity contribution in [1.82, 2.24) is 0 Å². The number of rotatable bonds is 4. The Balaban J connectivity index is 1.86. The molecule has 3 N–H and O–H groups in total. The monoisotopic (exact) mass is 375 g/mol. The second-order valence-corrected chi connectivity index (χ2v) is 7.46. The summed E-state index contributed by atoms with van der Waals surface area (Å²) >= 11 is 0. The van der Waals surface area contributed by atoms with Gasteiger partial charge in [0.15, 0.2) is 6.10 Å². The van der Waals surface area contributed by atoms with Crippen molar-refractivity contribution in [3.63, 3.8) is 0 Å². The number of amides is 2. The zero-order valence-electron chi connectivity index (χ0n) is 14.1. The first-order valence-electron chi connectivity index (χ1n) is 7.77. The summed E-state index contributed by atoms with van der Waals surface area (Å²) in [5.41, 5.74) is 1.06. The fraction of sp³-hybridized carbons (Fsp3) is 0.176. The molecule has 136 valence electrons. The Morgan fingerprint density at radius 3 is 2.62 bits per heavy atom. The number of fused-ring (bicyclic) bond motifs is 1. The molecular formula is C17H17N3O5S. The van der Waals surface area contributed by atoms with Crippen LogP contribution in [0.4, 0.5) is 17.1 Å². The first-order valence-corrected chi connectivity index (χ1v) is 9.25.